The molecule has 0 amide bonds. The first-order valence-electron chi connectivity index (χ1n) is 6.49. The van der Waals surface area contributed by atoms with Crippen molar-refractivity contribution in [2.45, 2.75) is 40.2 Å². The first-order valence-corrected chi connectivity index (χ1v) is 6.49. The maximum Gasteiger partial charge on any atom is 0.118 e. The van der Waals surface area contributed by atoms with Gasteiger partial charge in [-0.3, -0.25) is 4.90 Å². The molecule has 0 atom stereocenters. The third-order valence-corrected chi connectivity index (χ3v) is 3.76. The molecule has 0 aliphatic heterocycles. The molecule has 98 valence electrons. The van der Waals surface area contributed by atoms with Gasteiger partial charge in [-0.2, -0.15) is 0 Å². The molecule has 0 aliphatic rings. The van der Waals surface area contributed by atoms with Crippen LogP contribution in [0.25, 0.3) is 0 Å². The van der Waals surface area contributed by atoms with E-state index in [1.54, 1.807) is 0 Å². The number of furan rings is 1. The lowest BCUT2D eigenvalue weighted by molar-refractivity contribution is 0.155. The molecule has 0 aliphatic carbocycles. The molecule has 0 saturated carbocycles. The molecule has 0 aromatic carbocycles. The van der Waals surface area contributed by atoms with Gasteiger partial charge in [0.05, 0.1) is 6.54 Å². The molecule has 17 heavy (non-hydrogen) atoms. The molecule has 1 rings (SSSR count). The zero-order valence-corrected chi connectivity index (χ0v) is 11.6. The summed E-state index contributed by atoms with van der Waals surface area (Å²) in [5.41, 5.74) is 6.17. The summed E-state index contributed by atoms with van der Waals surface area (Å²) in [6, 6.07) is 4.06. The Morgan fingerprint density at radius 3 is 2.35 bits per heavy atom. The Labute approximate surface area is 105 Å². The quantitative estimate of drug-likeness (QED) is 0.794. The van der Waals surface area contributed by atoms with E-state index in [4.69, 9.17) is 10.2 Å². The number of aryl methyl sites for hydroxylation is 1. The molecule has 0 bridgehead atoms. The maximum absolute atomic E-state index is 5.92. The lowest BCUT2D eigenvalue weighted by Crippen LogP contribution is -2.40. The predicted octanol–water partition coefficient (Wildman–Crippen LogP) is 2.78. The highest BCUT2D eigenvalue weighted by molar-refractivity contribution is 5.05. The molecule has 1 heterocycles. The molecular formula is C14H26N2O. The van der Waals surface area contributed by atoms with Gasteiger partial charge in [0.25, 0.3) is 0 Å². The van der Waals surface area contributed by atoms with E-state index in [1.165, 1.54) is 0 Å². The van der Waals surface area contributed by atoms with E-state index in [-0.39, 0.29) is 5.41 Å². The van der Waals surface area contributed by atoms with Crippen LogP contribution in [-0.2, 0) is 6.54 Å². The summed E-state index contributed by atoms with van der Waals surface area (Å²) in [4.78, 5) is 2.30. The van der Waals surface area contributed by atoms with Gasteiger partial charge < -0.3 is 10.2 Å². The minimum Gasteiger partial charge on any atom is -0.465 e. The average Bonchev–Trinajstić information content (AvgIpc) is 2.72. The third-order valence-electron chi connectivity index (χ3n) is 3.76. The Morgan fingerprint density at radius 1 is 1.29 bits per heavy atom. The first-order chi connectivity index (χ1) is 8.05. The zero-order valence-electron chi connectivity index (χ0n) is 11.6. The van der Waals surface area contributed by atoms with Crippen molar-refractivity contribution in [2.75, 3.05) is 20.1 Å². The molecule has 0 radical (unpaired) electrons. The van der Waals surface area contributed by atoms with Crippen LogP contribution in [0.1, 0.15) is 38.2 Å². The summed E-state index contributed by atoms with van der Waals surface area (Å²) in [6.45, 7) is 9.06. The third kappa shape index (κ3) is 3.86. The predicted molar refractivity (Wildman–Crippen MR) is 71.8 cm³/mol. The minimum atomic E-state index is 0.246. The summed E-state index contributed by atoms with van der Waals surface area (Å²) >= 11 is 0. The van der Waals surface area contributed by atoms with Crippen molar-refractivity contribution in [2.24, 2.45) is 11.1 Å². The topological polar surface area (TPSA) is 42.4 Å². The summed E-state index contributed by atoms with van der Waals surface area (Å²) in [5, 5.41) is 0. The van der Waals surface area contributed by atoms with Crippen molar-refractivity contribution >= 4 is 0 Å². The Kier molecular flexibility index (Phi) is 5.22. The highest BCUT2D eigenvalue weighted by Gasteiger charge is 2.26. The van der Waals surface area contributed by atoms with E-state index in [1.807, 2.05) is 19.1 Å². The van der Waals surface area contributed by atoms with Crippen molar-refractivity contribution in [3.8, 4) is 0 Å². The summed E-state index contributed by atoms with van der Waals surface area (Å²) < 4.78 is 5.60. The van der Waals surface area contributed by atoms with Gasteiger partial charge in [-0.15, -0.1) is 0 Å². The molecule has 0 unspecified atom stereocenters. The van der Waals surface area contributed by atoms with Gasteiger partial charge in [-0.1, -0.05) is 13.8 Å². The van der Waals surface area contributed by atoms with Gasteiger partial charge in [0.2, 0.25) is 0 Å². The van der Waals surface area contributed by atoms with Crippen LogP contribution in [0.2, 0.25) is 0 Å². The number of rotatable bonds is 7. The van der Waals surface area contributed by atoms with Crippen LogP contribution in [-0.4, -0.2) is 25.0 Å². The van der Waals surface area contributed by atoms with Crippen LogP contribution in [0.3, 0.4) is 0 Å². The molecular weight excluding hydrogens is 212 g/mol. The second-order valence-corrected chi connectivity index (χ2v) is 5.10. The van der Waals surface area contributed by atoms with Crippen molar-refractivity contribution in [1.82, 2.24) is 4.90 Å². The van der Waals surface area contributed by atoms with E-state index in [0.717, 1.165) is 44.0 Å². The van der Waals surface area contributed by atoms with Gasteiger partial charge in [-0.05, 0) is 50.9 Å². The van der Waals surface area contributed by atoms with Crippen LogP contribution < -0.4 is 5.73 Å². The number of hydrogen-bond donors (Lipinski definition) is 1. The molecule has 3 heteroatoms. The van der Waals surface area contributed by atoms with Crippen LogP contribution in [0.15, 0.2) is 16.5 Å². The fourth-order valence-corrected chi connectivity index (χ4v) is 2.29. The van der Waals surface area contributed by atoms with Crippen LogP contribution in [0, 0.1) is 12.3 Å². The Bertz CT molecular complexity index is 320. The van der Waals surface area contributed by atoms with E-state index < -0.39 is 0 Å². The van der Waals surface area contributed by atoms with E-state index >= 15 is 0 Å². The lowest BCUT2D eigenvalue weighted by Gasteiger charge is -2.34. The van der Waals surface area contributed by atoms with Gasteiger partial charge in [0.15, 0.2) is 0 Å². The lowest BCUT2D eigenvalue weighted by atomic mass is 9.82. The van der Waals surface area contributed by atoms with Crippen molar-refractivity contribution in [1.29, 1.82) is 0 Å². The van der Waals surface area contributed by atoms with Gasteiger partial charge in [0, 0.05) is 6.54 Å². The SMILES string of the molecule is CCC(CC)(CN)CN(C)Cc1ccc(C)o1. The standard InChI is InChI=1S/C14H26N2O/c1-5-14(6-2,10-15)11-16(4)9-13-8-7-12(3)17-13/h7-8H,5-6,9-11,15H2,1-4H3. The summed E-state index contributed by atoms with van der Waals surface area (Å²) in [7, 11) is 2.13. The Hall–Kier alpha value is -0.800. The second kappa shape index (κ2) is 6.22. The van der Waals surface area contributed by atoms with Crippen LogP contribution >= 0.6 is 0 Å². The van der Waals surface area contributed by atoms with Crippen molar-refractivity contribution in [3.63, 3.8) is 0 Å². The largest absolute Gasteiger partial charge is 0.465 e. The van der Waals surface area contributed by atoms with Crippen molar-refractivity contribution < 1.29 is 4.42 Å². The summed E-state index contributed by atoms with van der Waals surface area (Å²) in [5.74, 6) is 2.01. The highest BCUT2D eigenvalue weighted by Crippen LogP contribution is 2.26. The van der Waals surface area contributed by atoms with Crippen LogP contribution in [0.4, 0.5) is 0 Å². The average molecular weight is 238 g/mol. The fraction of sp³-hybridized carbons (Fsp3) is 0.714. The molecule has 3 nitrogen and oxygen atoms in total. The number of nitrogens with zero attached hydrogens (tertiary/aromatic N) is 1. The zero-order chi connectivity index (χ0) is 12.9. The molecule has 0 fully saturated rings. The van der Waals surface area contributed by atoms with E-state index in [0.29, 0.717) is 0 Å². The fourth-order valence-electron chi connectivity index (χ4n) is 2.29. The Morgan fingerprint density at radius 2 is 1.94 bits per heavy atom. The molecule has 1 aromatic rings. The van der Waals surface area contributed by atoms with Gasteiger partial charge >= 0.3 is 0 Å². The first kappa shape index (κ1) is 14.3. The number of hydrogen-bond acceptors (Lipinski definition) is 3. The molecule has 0 saturated heterocycles. The second-order valence-electron chi connectivity index (χ2n) is 5.10. The normalized spacial score (nSPS) is 12.4. The summed E-state index contributed by atoms with van der Waals surface area (Å²) in [6.07, 6.45) is 2.25. The molecule has 1 aromatic heterocycles. The van der Waals surface area contributed by atoms with Gasteiger partial charge in [0.1, 0.15) is 11.5 Å². The van der Waals surface area contributed by atoms with Crippen molar-refractivity contribution in [3.05, 3.63) is 23.7 Å². The van der Waals surface area contributed by atoms with E-state index in [2.05, 4.69) is 25.8 Å². The highest BCUT2D eigenvalue weighted by atomic mass is 16.3. The van der Waals surface area contributed by atoms with E-state index in [9.17, 15) is 0 Å². The molecule has 0 spiro atoms. The smallest absolute Gasteiger partial charge is 0.118 e. The van der Waals surface area contributed by atoms with Gasteiger partial charge in [-0.25, -0.2) is 0 Å². The monoisotopic (exact) mass is 238 g/mol. The number of nitrogens with two attached hydrogens (primary N) is 1. The molecule has 2 N–H and O–H groups in total. The minimum absolute atomic E-state index is 0.246. The Balaban J connectivity index is 2.56. The van der Waals surface area contributed by atoms with Crippen LogP contribution in [0.5, 0.6) is 0 Å². The maximum atomic E-state index is 5.92.